The Hall–Kier alpha value is -3.15. The van der Waals surface area contributed by atoms with Crippen LogP contribution < -0.4 is 0 Å². The van der Waals surface area contributed by atoms with Crippen LogP contribution in [0.3, 0.4) is 0 Å². The first-order valence-corrected chi connectivity index (χ1v) is 10.0. The van der Waals surface area contributed by atoms with Crippen molar-refractivity contribution in [1.82, 2.24) is 45.0 Å². The molecule has 158 valence electrons. The number of cyclic esters (lactones) is 1. The van der Waals surface area contributed by atoms with Crippen molar-refractivity contribution >= 4 is 6.09 Å². The van der Waals surface area contributed by atoms with E-state index in [1.165, 1.54) is 11.0 Å². The Morgan fingerprint density at radius 3 is 2.77 bits per heavy atom. The Balaban J connectivity index is 1.18. The summed E-state index contributed by atoms with van der Waals surface area (Å²) < 4.78 is 23.8. The fourth-order valence-corrected chi connectivity index (χ4v) is 4.32. The number of hydrogen-bond acceptors (Lipinski definition) is 8. The molecule has 2 aromatic heterocycles. The molecule has 2 fully saturated rings. The number of halogens is 1. The van der Waals surface area contributed by atoms with Crippen LogP contribution in [0.1, 0.15) is 25.3 Å². The quantitative estimate of drug-likeness (QED) is 0.710. The molecule has 2 saturated heterocycles. The van der Waals surface area contributed by atoms with E-state index in [2.05, 4.69) is 30.7 Å². The lowest BCUT2D eigenvalue weighted by Gasteiger charge is -2.37. The minimum Gasteiger partial charge on any atom is -0.442 e. The molecule has 2 aliphatic heterocycles. The number of allylic oxidation sites excluding steroid dienone is 1. The lowest BCUT2D eigenvalue weighted by atomic mass is 9.98. The van der Waals surface area contributed by atoms with Gasteiger partial charge in [-0.25, -0.2) is 18.5 Å². The average molecular weight is 415 g/mol. The smallest absolute Gasteiger partial charge is 0.414 e. The van der Waals surface area contributed by atoms with E-state index in [-0.39, 0.29) is 24.0 Å². The Kier molecular flexibility index (Phi) is 4.99. The van der Waals surface area contributed by atoms with Crippen LogP contribution in [-0.2, 0) is 11.3 Å². The van der Waals surface area contributed by atoms with E-state index in [9.17, 15) is 9.18 Å². The second-order valence-corrected chi connectivity index (χ2v) is 7.71. The number of rotatable bonds is 5. The fraction of sp³-hybridized carbons (Fsp3) is 0.556. The number of piperidine rings is 1. The normalized spacial score (nSPS) is 25.9. The average Bonchev–Trinajstić information content (AvgIpc) is 3.51. The largest absolute Gasteiger partial charge is 0.442 e. The van der Waals surface area contributed by atoms with E-state index in [1.54, 1.807) is 28.1 Å². The summed E-state index contributed by atoms with van der Waals surface area (Å²) in [4.78, 5) is 15.9. The third-order valence-electron chi connectivity index (χ3n) is 5.88. The summed E-state index contributed by atoms with van der Waals surface area (Å²) in [5.74, 6) is -0.221. The third-order valence-corrected chi connectivity index (χ3v) is 5.88. The molecule has 3 aliphatic rings. The molecular formula is C18H22FN9O2. The summed E-state index contributed by atoms with van der Waals surface area (Å²) >= 11 is 0. The highest BCUT2D eigenvalue weighted by Crippen LogP contribution is 2.31. The van der Waals surface area contributed by atoms with Crippen LogP contribution in [0.4, 0.5) is 9.18 Å². The van der Waals surface area contributed by atoms with Gasteiger partial charge in [0.15, 0.2) is 0 Å². The lowest BCUT2D eigenvalue weighted by molar-refractivity contribution is 0.124. The third kappa shape index (κ3) is 3.70. The van der Waals surface area contributed by atoms with Gasteiger partial charge in [0.25, 0.3) is 0 Å². The molecule has 4 heterocycles. The number of nitrogens with zero attached hydrogens (tertiary/aromatic N) is 9. The van der Waals surface area contributed by atoms with Gasteiger partial charge in [0.05, 0.1) is 31.4 Å². The van der Waals surface area contributed by atoms with Gasteiger partial charge in [-0.05, 0) is 35.8 Å². The zero-order chi connectivity index (χ0) is 20.5. The fourth-order valence-electron chi connectivity index (χ4n) is 4.32. The van der Waals surface area contributed by atoms with Crippen LogP contribution in [0.15, 0.2) is 42.4 Å². The van der Waals surface area contributed by atoms with Gasteiger partial charge in [-0.3, -0.25) is 9.80 Å². The van der Waals surface area contributed by atoms with Crippen molar-refractivity contribution < 1.29 is 13.9 Å². The second-order valence-electron chi connectivity index (χ2n) is 7.71. The Morgan fingerprint density at radius 2 is 2.07 bits per heavy atom. The maximum atomic E-state index is 15.0. The van der Waals surface area contributed by atoms with Gasteiger partial charge in [0.2, 0.25) is 0 Å². The van der Waals surface area contributed by atoms with Crippen LogP contribution in [0.5, 0.6) is 0 Å². The number of amides is 1. The number of carbonyl (C=O) groups excluding carboxylic acids is 1. The van der Waals surface area contributed by atoms with Crippen molar-refractivity contribution in [2.75, 3.05) is 19.6 Å². The highest BCUT2D eigenvalue weighted by atomic mass is 19.1. The van der Waals surface area contributed by atoms with E-state index < -0.39 is 6.09 Å². The SMILES string of the molecule is O=C1O[C@@H](Cn2ccnn2)CN1C1=CCC(N2CCC(n3cnnn3)CC2)C(F)=C1. The van der Waals surface area contributed by atoms with E-state index in [1.807, 2.05) is 6.08 Å². The predicted octanol–water partition coefficient (Wildman–Crippen LogP) is 0.932. The molecule has 0 N–H and O–H groups in total. The topological polar surface area (TPSA) is 107 Å². The molecule has 1 aliphatic carbocycles. The molecule has 2 atom stereocenters. The van der Waals surface area contributed by atoms with E-state index in [0.29, 0.717) is 25.2 Å². The molecule has 2 aromatic rings. The van der Waals surface area contributed by atoms with Crippen molar-refractivity contribution in [2.24, 2.45) is 0 Å². The van der Waals surface area contributed by atoms with Crippen LogP contribution >= 0.6 is 0 Å². The zero-order valence-electron chi connectivity index (χ0n) is 16.3. The standard InChI is InChI=1S/C18H22FN9O2/c19-16-9-14(27-11-15(30-18(27)29)10-26-8-5-20-23-26)1-2-17(16)25-6-3-13(4-7-25)28-12-21-22-24-28/h1,5,8-9,12-13,15,17H,2-4,6-7,10-11H2/t15-,17?/m0/s1. The van der Waals surface area contributed by atoms with Crippen LogP contribution in [0, 0.1) is 0 Å². The van der Waals surface area contributed by atoms with Gasteiger partial charge in [-0.2, -0.15) is 0 Å². The van der Waals surface area contributed by atoms with Crippen LogP contribution in [-0.4, -0.2) is 82.9 Å². The Bertz CT molecular complexity index is 935. The number of tetrazole rings is 1. The molecule has 30 heavy (non-hydrogen) atoms. The number of carbonyl (C=O) groups is 1. The molecule has 11 nitrogen and oxygen atoms in total. The molecule has 0 radical (unpaired) electrons. The van der Waals surface area contributed by atoms with Crippen molar-refractivity contribution in [2.45, 2.75) is 44.0 Å². The minimum atomic E-state index is -0.462. The van der Waals surface area contributed by atoms with Gasteiger partial charge in [-0.1, -0.05) is 11.3 Å². The van der Waals surface area contributed by atoms with Crippen LogP contribution in [0.25, 0.3) is 0 Å². The Labute approximate surface area is 171 Å². The van der Waals surface area contributed by atoms with Gasteiger partial charge in [0, 0.05) is 25.0 Å². The van der Waals surface area contributed by atoms with Gasteiger partial charge >= 0.3 is 6.09 Å². The van der Waals surface area contributed by atoms with Gasteiger partial charge < -0.3 is 4.74 Å². The molecule has 0 saturated carbocycles. The van der Waals surface area contributed by atoms with Gasteiger partial charge in [0.1, 0.15) is 18.3 Å². The maximum absolute atomic E-state index is 15.0. The molecule has 5 rings (SSSR count). The van der Waals surface area contributed by atoms with Crippen LogP contribution in [0.2, 0.25) is 0 Å². The monoisotopic (exact) mass is 415 g/mol. The zero-order valence-corrected chi connectivity index (χ0v) is 16.3. The summed E-state index contributed by atoms with van der Waals surface area (Å²) in [5, 5.41) is 19.0. The Morgan fingerprint density at radius 1 is 1.20 bits per heavy atom. The van der Waals surface area contributed by atoms with Crippen molar-refractivity contribution in [3.63, 3.8) is 0 Å². The highest BCUT2D eigenvalue weighted by Gasteiger charge is 2.36. The molecule has 0 aromatic carbocycles. The summed E-state index contributed by atoms with van der Waals surface area (Å²) in [6.45, 7) is 2.31. The van der Waals surface area contributed by atoms with Crippen molar-refractivity contribution in [3.8, 4) is 0 Å². The predicted molar refractivity (Wildman–Crippen MR) is 100 cm³/mol. The first-order chi connectivity index (χ1) is 14.7. The number of likely N-dealkylation sites (tertiary alicyclic amines) is 1. The van der Waals surface area contributed by atoms with E-state index in [0.717, 1.165) is 25.9 Å². The van der Waals surface area contributed by atoms with Crippen molar-refractivity contribution in [3.05, 3.63) is 42.4 Å². The van der Waals surface area contributed by atoms with E-state index >= 15 is 0 Å². The number of hydrogen-bond donors (Lipinski definition) is 0. The van der Waals surface area contributed by atoms with Crippen molar-refractivity contribution in [1.29, 1.82) is 0 Å². The molecule has 12 heteroatoms. The molecule has 1 amide bonds. The molecule has 0 bridgehead atoms. The number of ether oxygens (including phenoxy) is 1. The van der Waals surface area contributed by atoms with E-state index in [4.69, 9.17) is 4.74 Å². The molecule has 0 spiro atoms. The molecular weight excluding hydrogens is 393 g/mol. The summed E-state index contributed by atoms with van der Waals surface area (Å²) in [6.07, 6.45) is 9.73. The summed E-state index contributed by atoms with van der Waals surface area (Å²) in [5.41, 5.74) is 0.554. The van der Waals surface area contributed by atoms with Gasteiger partial charge in [-0.15, -0.1) is 10.2 Å². The maximum Gasteiger partial charge on any atom is 0.414 e. The minimum absolute atomic E-state index is 0.221. The summed E-state index contributed by atoms with van der Waals surface area (Å²) in [6, 6.07) is -0.0487. The first-order valence-electron chi connectivity index (χ1n) is 10.0. The lowest BCUT2D eigenvalue weighted by Crippen LogP contribution is -2.43. The summed E-state index contributed by atoms with van der Waals surface area (Å²) in [7, 11) is 0. The molecule has 1 unspecified atom stereocenters. The highest BCUT2D eigenvalue weighted by molar-refractivity contribution is 5.73. The number of aromatic nitrogens is 7. The second kappa shape index (κ2) is 7.94. The first kappa shape index (κ1) is 18.9.